The van der Waals surface area contributed by atoms with Crippen LogP contribution in [0.1, 0.15) is 6.92 Å². The van der Waals surface area contributed by atoms with Crippen LogP contribution in [0.4, 0.5) is 5.69 Å². The molecule has 22 heavy (non-hydrogen) atoms. The second-order valence-corrected chi connectivity index (χ2v) is 6.90. The van der Waals surface area contributed by atoms with Gasteiger partial charge in [-0.25, -0.2) is 0 Å². The molecule has 0 aliphatic heterocycles. The van der Waals surface area contributed by atoms with Crippen molar-refractivity contribution < 1.29 is 9.90 Å². The van der Waals surface area contributed by atoms with E-state index in [2.05, 4.69) is 5.32 Å². The van der Waals surface area contributed by atoms with Crippen molar-refractivity contribution in [2.24, 2.45) is 0 Å². The highest BCUT2D eigenvalue weighted by Gasteiger charge is 2.30. The Labute approximate surface area is 143 Å². The Kier molecular flexibility index (Phi) is 5.75. The maximum Gasteiger partial charge on any atom is 0.256 e. The van der Waals surface area contributed by atoms with E-state index >= 15 is 0 Å². The first-order valence-electron chi connectivity index (χ1n) is 6.54. The number of carbonyl (C=O) groups is 1. The molecule has 0 heterocycles. The Balaban J connectivity index is 1.95. The Morgan fingerprint density at radius 1 is 1.09 bits per heavy atom. The molecule has 0 bridgehead atoms. The van der Waals surface area contributed by atoms with Crippen molar-refractivity contribution in [2.45, 2.75) is 17.4 Å². The summed E-state index contributed by atoms with van der Waals surface area (Å²) < 4.78 is 0. The van der Waals surface area contributed by atoms with Crippen molar-refractivity contribution in [3.05, 3.63) is 58.6 Å². The van der Waals surface area contributed by atoms with Crippen LogP contribution in [0.2, 0.25) is 10.0 Å². The van der Waals surface area contributed by atoms with E-state index in [0.29, 0.717) is 15.7 Å². The predicted octanol–water partition coefficient (Wildman–Crippen LogP) is 4.48. The van der Waals surface area contributed by atoms with Gasteiger partial charge in [-0.2, -0.15) is 0 Å². The zero-order valence-corrected chi connectivity index (χ0v) is 14.2. The zero-order chi connectivity index (χ0) is 16.2. The molecule has 3 nitrogen and oxygen atoms in total. The molecular formula is C16H15Cl2NO2S. The molecule has 0 saturated carbocycles. The van der Waals surface area contributed by atoms with E-state index in [1.807, 2.05) is 12.1 Å². The Morgan fingerprint density at radius 2 is 1.59 bits per heavy atom. The molecule has 0 aliphatic carbocycles. The number of hydrogen-bond donors (Lipinski definition) is 2. The number of anilines is 1. The van der Waals surface area contributed by atoms with Gasteiger partial charge in [0.15, 0.2) is 0 Å². The van der Waals surface area contributed by atoms with E-state index in [1.165, 1.54) is 18.7 Å². The van der Waals surface area contributed by atoms with Crippen LogP contribution in [0.3, 0.4) is 0 Å². The lowest BCUT2D eigenvalue weighted by molar-refractivity contribution is -0.130. The summed E-state index contributed by atoms with van der Waals surface area (Å²) in [5.41, 5.74) is -0.907. The molecule has 0 radical (unpaired) electrons. The minimum absolute atomic E-state index is 0.230. The minimum atomic E-state index is -1.50. The van der Waals surface area contributed by atoms with Gasteiger partial charge in [-0.15, -0.1) is 11.8 Å². The molecule has 0 fully saturated rings. The SMILES string of the molecule is C[C@@](O)(CSc1ccc(Cl)cc1)C(=O)Nc1ccc(Cl)cc1. The van der Waals surface area contributed by atoms with Gasteiger partial charge in [0.05, 0.1) is 0 Å². The number of rotatable bonds is 5. The summed E-state index contributed by atoms with van der Waals surface area (Å²) >= 11 is 13.0. The van der Waals surface area contributed by atoms with Crippen molar-refractivity contribution in [1.29, 1.82) is 0 Å². The average Bonchev–Trinajstić information content (AvgIpc) is 2.49. The van der Waals surface area contributed by atoms with E-state index in [-0.39, 0.29) is 5.75 Å². The lowest BCUT2D eigenvalue weighted by Gasteiger charge is -2.22. The summed E-state index contributed by atoms with van der Waals surface area (Å²) in [7, 11) is 0. The molecule has 2 N–H and O–H groups in total. The molecule has 1 atom stereocenters. The van der Waals surface area contributed by atoms with Crippen molar-refractivity contribution in [2.75, 3.05) is 11.1 Å². The predicted molar refractivity (Wildman–Crippen MR) is 92.9 cm³/mol. The van der Waals surface area contributed by atoms with Crippen LogP contribution in [-0.4, -0.2) is 22.4 Å². The van der Waals surface area contributed by atoms with E-state index in [9.17, 15) is 9.90 Å². The fraction of sp³-hybridized carbons (Fsp3) is 0.188. The third-order valence-electron chi connectivity index (χ3n) is 2.92. The Hall–Kier alpha value is -1.20. The van der Waals surface area contributed by atoms with Crippen LogP contribution < -0.4 is 5.32 Å². The summed E-state index contributed by atoms with van der Waals surface area (Å²) in [6.45, 7) is 1.49. The van der Waals surface area contributed by atoms with Crippen molar-refractivity contribution in [1.82, 2.24) is 0 Å². The molecule has 0 saturated heterocycles. The second kappa shape index (κ2) is 7.38. The summed E-state index contributed by atoms with van der Waals surface area (Å²) in [4.78, 5) is 13.1. The number of nitrogens with one attached hydrogen (secondary N) is 1. The molecule has 2 rings (SSSR count). The summed E-state index contributed by atoms with van der Waals surface area (Å²) in [6, 6.07) is 14.0. The Bertz CT molecular complexity index is 642. The van der Waals surface area contributed by atoms with Crippen molar-refractivity contribution in [3.8, 4) is 0 Å². The highest BCUT2D eigenvalue weighted by atomic mass is 35.5. The summed E-state index contributed by atoms with van der Waals surface area (Å²) in [5, 5.41) is 14.2. The van der Waals surface area contributed by atoms with Crippen molar-refractivity contribution in [3.63, 3.8) is 0 Å². The van der Waals surface area contributed by atoms with E-state index < -0.39 is 11.5 Å². The van der Waals surface area contributed by atoms with E-state index in [4.69, 9.17) is 23.2 Å². The largest absolute Gasteiger partial charge is 0.379 e. The smallest absolute Gasteiger partial charge is 0.256 e. The fourth-order valence-corrected chi connectivity index (χ4v) is 2.78. The van der Waals surface area contributed by atoms with Crippen LogP contribution in [0.5, 0.6) is 0 Å². The quantitative estimate of drug-likeness (QED) is 0.777. The third kappa shape index (κ3) is 4.92. The van der Waals surface area contributed by atoms with Gasteiger partial charge in [-0.05, 0) is 55.5 Å². The van der Waals surface area contributed by atoms with E-state index in [0.717, 1.165) is 4.90 Å². The molecule has 1 amide bonds. The van der Waals surface area contributed by atoms with Crippen LogP contribution in [0, 0.1) is 0 Å². The third-order valence-corrected chi connectivity index (χ3v) is 4.74. The normalized spacial score (nSPS) is 13.5. The first-order chi connectivity index (χ1) is 10.4. The number of amides is 1. The van der Waals surface area contributed by atoms with Gasteiger partial charge in [-0.1, -0.05) is 23.2 Å². The number of halogens is 2. The first-order valence-corrected chi connectivity index (χ1v) is 8.29. The number of aliphatic hydroxyl groups is 1. The molecule has 0 unspecified atom stereocenters. The number of thioether (sulfide) groups is 1. The monoisotopic (exact) mass is 355 g/mol. The summed E-state index contributed by atoms with van der Waals surface area (Å²) in [6.07, 6.45) is 0. The van der Waals surface area contributed by atoms with E-state index in [1.54, 1.807) is 36.4 Å². The second-order valence-electron chi connectivity index (χ2n) is 4.98. The maximum absolute atomic E-state index is 12.2. The lowest BCUT2D eigenvalue weighted by atomic mass is 10.1. The number of carbonyl (C=O) groups excluding carboxylic acids is 1. The molecule has 0 aromatic heterocycles. The number of hydrogen-bond acceptors (Lipinski definition) is 3. The van der Waals surface area contributed by atoms with Gasteiger partial charge in [-0.3, -0.25) is 4.79 Å². The van der Waals surface area contributed by atoms with Gasteiger partial charge >= 0.3 is 0 Å². The topological polar surface area (TPSA) is 49.3 Å². The van der Waals surface area contributed by atoms with Gasteiger partial charge in [0, 0.05) is 26.4 Å². The van der Waals surface area contributed by atoms with Crippen molar-refractivity contribution >= 4 is 46.6 Å². The Morgan fingerprint density at radius 3 is 2.14 bits per heavy atom. The molecule has 0 aliphatic rings. The molecule has 6 heteroatoms. The van der Waals surface area contributed by atoms with Crippen LogP contribution in [-0.2, 0) is 4.79 Å². The fourth-order valence-electron chi connectivity index (χ4n) is 1.62. The molecule has 2 aromatic rings. The van der Waals surface area contributed by atoms with Crippen LogP contribution in [0.15, 0.2) is 53.4 Å². The minimum Gasteiger partial charge on any atom is -0.379 e. The molecular weight excluding hydrogens is 341 g/mol. The van der Waals surface area contributed by atoms with Gasteiger partial charge in [0.1, 0.15) is 5.60 Å². The van der Waals surface area contributed by atoms with Crippen LogP contribution in [0.25, 0.3) is 0 Å². The average molecular weight is 356 g/mol. The molecule has 0 spiro atoms. The molecule has 116 valence electrons. The summed E-state index contributed by atoms with van der Waals surface area (Å²) in [5.74, 6) is -0.232. The number of benzene rings is 2. The first kappa shape index (κ1) is 17.2. The standard InChI is InChI=1S/C16H15Cl2NO2S/c1-16(21,10-22-14-8-4-12(18)5-9-14)15(20)19-13-6-2-11(17)3-7-13/h2-9,21H,10H2,1H3,(H,19,20)/t16-/m1/s1. The van der Waals surface area contributed by atoms with Gasteiger partial charge < -0.3 is 10.4 Å². The zero-order valence-electron chi connectivity index (χ0n) is 11.8. The van der Waals surface area contributed by atoms with Gasteiger partial charge in [0.2, 0.25) is 0 Å². The highest BCUT2D eigenvalue weighted by molar-refractivity contribution is 7.99. The lowest BCUT2D eigenvalue weighted by Crippen LogP contribution is -2.42. The maximum atomic E-state index is 12.2. The molecule has 2 aromatic carbocycles. The highest BCUT2D eigenvalue weighted by Crippen LogP contribution is 2.25. The van der Waals surface area contributed by atoms with Gasteiger partial charge in [0.25, 0.3) is 5.91 Å². The van der Waals surface area contributed by atoms with Crippen LogP contribution >= 0.6 is 35.0 Å².